The molecule has 27 heavy (non-hydrogen) atoms. The topological polar surface area (TPSA) is 44.8 Å². The van der Waals surface area contributed by atoms with Gasteiger partial charge in [0.25, 0.3) is 0 Å². The maximum absolute atomic E-state index is 12.0. The Hall–Kier alpha value is -2.46. The summed E-state index contributed by atoms with van der Waals surface area (Å²) in [5.74, 6) is 1.06. The Morgan fingerprint density at radius 3 is 2.48 bits per heavy atom. The first-order valence-corrected chi connectivity index (χ1v) is 9.26. The van der Waals surface area contributed by atoms with Gasteiger partial charge in [-0.2, -0.15) is 0 Å². The molecule has 0 fully saturated rings. The largest absolute Gasteiger partial charge is 0.491 e. The normalized spacial score (nSPS) is 11.0. The fraction of sp³-hybridized carbons (Fsp3) is 0.318. The molecule has 2 aromatic carbocycles. The van der Waals surface area contributed by atoms with E-state index < -0.39 is 5.97 Å². The maximum Gasteiger partial charge on any atom is 0.331 e. The highest BCUT2D eigenvalue weighted by molar-refractivity contribution is 6.32. The third-order valence-electron chi connectivity index (χ3n) is 3.98. The van der Waals surface area contributed by atoms with Gasteiger partial charge in [0.05, 0.1) is 18.7 Å². The quantitative estimate of drug-likeness (QED) is 0.434. The minimum atomic E-state index is -0.423. The monoisotopic (exact) mass is 388 g/mol. The molecule has 0 aliphatic heterocycles. The van der Waals surface area contributed by atoms with Gasteiger partial charge in [0.15, 0.2) is 11.5 Å². The molecule has 0 amide bonds. The van der Waals surface area contributed by atoms with E-state index in [0.29, 0.717) is 29.0 Å². The summed E-state index contributed by atoms with van der Waals surface area (Å²) < 4.78 is 16.1. The van der Waals surface area contributed by atoms with Crippen LogP contribution in [0, 0.1) is 0 Å². The number of rotatable bonds is 8. The van der Waals surface area contributed by atoms with Crippen molar-refractivity contribution >= 4 is 23.6 Å². The van der Waals surface area contributed by atoms with E-state index in [1.165, 1.54) is 18.7 Å². The summed E-state index contributed by atoms with van der Waals surface area (Å²) in [6.07, 6.45) is 3.01. The number of benzene rings is 2. The van der Waals surface area contributed by atoms with Crippen molar-refractivity contribution in [2.24, 2.45) is 0 Å². The fourth-order valence-electron chi connectivity index (χ4n) is 2.51. The second-order valence-electron chi connectivity index (χ2n) is 6.30. The first kappa shape index (κ1) is 20.8. The molecule has 4 nitrogen and oxygen atoms in total. The van der Waals surface area contributed by atoms with Gasteiger partial charge < -0.3 is 14.2 Å². The Morgan fingerprint density at radius 1 is 1.19 bits per heavy atom. The van der Waals surface area contributed by atoms with Crippen LogP contribution in [0.4, 0.5) is 0 Å². The lowest BCUT2D eigenvalue weighted by Crippen LogP contribution is -2.01. The molecule has 2 rings (SSSR count). The number of hydrogen-bond donors (Lipinski definition) is 0. The molecular weight excluding hydrogens is 364 g/mol. The van der Waals surface area contributed by atoms with Crippen LogP contribution in [0.2, 0.25) is 5.02 Å². The van der Waals surface area contributed by atoms with Gasteiger partial charge in [-0.05, 0) is 47.7 Å². The van der Waals surface area contributed by atoms with Crippen molar-refractivity contribution in [3.63, 3.8) is 0 Å². The Balaban J connectivity index is 1.99. The van der Waals surface area contributed by atoms with E-state index in [9.17, 15) is 4.79 Å². The number of methoxy groups -OCH3 is 1. The zero-order chi connectivity index (χ0) is 19.8. The Morgan fingerprint density at radius 2 is 1.89 bits per heavy atom. The highest BCUT2D eigenvalue weighted by Crippen LogP contribution is 2.36. The first-order valence-electron chi connectivity index (χ1n) is 8.88. The summed E-state index contributed by atoms with van der Waals surface area (Å²) in [5.41, 5.74) is 2.93. The molecule has 0 unspecified atom stereocenters. The molecule has 0 radical (unpaired) electrons. The van der Waals surface area contributed by atoms with E-state index >= 15 is 0 Å². The molecule has 0 atom stereocenters. The van der Waals surface area contributed by atoms with E-state index in [1.54, 1.807) is 18.2 Å². The molecule has 0 bridgehead atoms. The van der Waals surface area contributed by atoms with E-state index in [-0.39, 0.29) is 6.61 Å². The number of halogens is 1. The van der Waals surface area contributed by atoms with Gasteiger partial charge in [-0.15, -0.1) is 0 Å². The predicted molar refractivity (Wildman–Crippen MR) is 109 cm³/mol. The zero-order valence-electron chi connectivity index (χ0n) is 16.1. The first-order chi connectivity index (χ1) is 12.9. The minimum Gasteiger partial charge on any atom is -0.491 e. The van der Waals surface area contributed by atoms with E-state index in [1.807, 2.05) is 19.1 Å². The highest BCUT2D eigenvalue weighted by atomic mass is 35.5. The molecule has 0 spiro atoms. The zero-order valence-corrected chi connectivity index (χ0v) is 16.9. The third-order valence-corrected chi connectivity index (χ3v) is 4.26. The van der Waals surface area contributed by atoms with Crippen molar-refractivity contribution in [3.8, 4) is 11.5 Å². The lowest BCUT2D eigenvalue weighted by molar-refractivity contribution is -0.138. The third kappa shape index (κ3) is 6.04. The van der Waals surface area contributed by atoms with Crippen molar-refractivity contribution in [1.82, 2.24) is 0 Å². The number of ether oxygens (including phenoxy) is 3. The standard InChI is InChI=1S/C22H25ClO4/c1-5-26-20-13-17(12-19(23)22(20)25-4)8-11-21(24)27-14-16-6-9-18(10-7-16)15(2)3/h6-13,15H,5,14H2,1-4H3/b11-8+. The summed E-state index contributed by atoms with van der Waals surface area (Å²) in [6, 6.07) is 11.5. The van der Waals surface area contributed by atoms with Gasteiger partial charge in [-0.1, -0.05) is 49.7 Å². The second-order valence-corrected chi connectivity index (χ2v) is 6.71. The van der Waals surface area contributed by atoms with Crippen LogP contribution in [0.3, 0.4) is 0 Å². The summed E-state index contributed by atoms with van der Waals surface area (Å²) in [4.78, 5) is 12.0. The van der Waals surface area contributed by atoms with Crippen LogP contribution in [0.5, 0.6) is 11.5 Å². The van der Waals surface area contributed by atoms with E-state index in [0.717, 1.165) is 11.1 Å². The van der Waals surface area contributed by atoms with Crippen LogP contribution in [-0.4, -0.2) is 19.7 Å². The molecule has 0 aliphatic carbocycles. The summed E-state index contributed by atoms with van der Waals surface area (Å²) in [7, 11) is 1.53. The van der Waals surface area contributed by atoms with Crippen LogP contribution in [0.1, 0.15) is 43.4 Å². The van der Waals surface area contributed by atoms with Gasteiger partial charge >= 0.3 is 5.97 Å². The molecular formula is C22H25ClO4. The van der Waals surface area contributed by atoms with Gasteiger partial charge in [-0.3, -0.25) is 0 Å². The van der Waals surface area contributed by atoms with Gasteiger partial charge in [-0.25, -0.2) is 4.79 Å². The molecule has 0 heterocycles. The van der Waals surface area contributed by atoms with E-state index in [4.69, 9.17) is 25.8 Å². The molecule has 144 valence electrons. The molecule has 0 N–H and O–H groups in total. The second kappa shape index (κ2) is 10.0. The van der Waals surface area contributed by atoms with Crippen molar-refractivity contribution in [2.75, 3.05) is 13.7 Å². The molecule has 2 aromatic rings. The van der Waals surface area contributed by atoms with Crippen LogP contribution in [-0.2, 0) is 16.1 Å². The van der Waals surface area contributed by atoms with E-state index in [2.05, 4.69) is 26.0 Å². The number of carbonyl (C=O) groups is 1. The number of hydrogen-bond acceptors (Lipinski definition) is 4. The molecule has 0 aromatic heterocycles. The van der Waals surface area contributed by atoms with Crippen molar-refractivity contribution in [1.29, 1.82) is 0 Å². The Labute approximate surface area is 165 Å². The maximum atomic E-state index is 12.0. The summed E-state index contributed by atoms with van der Waals surface area (Å²) >= 11 is 6.21. The Bertz CT molecular complexity index is 795. The fourth-order valence-corrected chi connectivity index (χ4v) is 2.81. The van der Waals surface area contributed by atoms with Crippen LogP contribution in [0.15, 0.2) is 42.5 Å². The summed E-state index contributed by atoms with van der Waals surface area (Å²) in [6.45, 7) is 6.87. The van der Waals surface area contributed by atoms with Crippen molar-refractivity contribution in [3.05, 3.63) is 64.2 Å². The summed E-state index contributed by atoms with van der Waals surface area (Å²) in [5, 5.41) is 0.418. The molecule has 5 heteroatoms. The van der Waals surface area contributed by atoms with Crippen molar-refractivity contribution in [2.45, 2.75) is 33.3 Å². The predicted octanol–water partition coefficient (Wildman–Crippen LogP) is 5.63. The lowest BCUT2D eigenvalue weighted by Gasteiger charge is -2.11. The van der Waals surface area contributed by atoms with Crippen molar-refractivity contribution < 1.29 is 19.0 Å². The van der Waals surface area contributed by atoms with Gasteiger partial charge in [0, 0.05) is 6.08 Å². The van der Waals surface area contributed by atoms with Crippen LogP contribution < -0.4 is 9.47 Å². The smallest absolute Gasteiger partial charge is 0.331 e. The number of esters is 1. The van der Waals surface area contributed by atoms with Crippen LogP contribution >= 0.6 is 11.6 Å². The van der Waals surface area contributed by atoms with Crippen LogP contribution in [0.25, 0.3) is 6.08 Å². The number of carbonyl (C=O) groups excluding carboxylic acids is 1. The average molecular weight is 389 g/mol. The Kier molecular flexibility index (Phi) is 7.74. The average Bonchev–Trinajstić information content (AvgIpc) is 2.65. The molecule has 0 saturated heterocycles. The molecule has 0 saturated carbocycles. The lowest BCUT2D eigenvalue weighted by atomic mass is 10.0. The van der Waals surface area contributed by atoms with Gasteiger partial charge in [0.1, 0.15) is 6.61 Å². The SMILES string of the molecule is CCOc1cc(/C=C/C(=O)OCc2ccc(C(C)C)cc2)cc(Cl)c1OC. The minimum absolute atomic E-state index is 0.231. The molecule has 0 aliphatic rings. The highest BCUT2D eigenvalue weighted by Gasteiger charge is 2.10. The van der Waals surface area contributed by atoms with Gasteiger partial charge in [0.2, 0.25) is 0 Å².